The molecule has 0 spiro atoms. The van der Waals surface area contributed by atoms with Crippen LogP contribution >= 0.6 is 0 Å². The van der Waals surface area contributed by atoms with Crippen LogP contribution in [0, 0.1) is 0 Å². The predicted molar refractivity (Wildman–Crippen MR) is 46.4 cm³/mol. The molecule has 0 N–H and O–H groups in total. The molecule has 0 saturated carbocycles. The Morgan fingerprint density at radius 1 is 1.08 bits per heavy atom. The van der Waals surface area contributed by atoms with Gasteiger partial charge in [-0.25, -0.2) is 0 Å². The molecule has 2 heteroatoms. The van der Waals surface area contributed by atoms with Gasteiger partial charge in [0.15, 0.2) is 0 Å². The Morgan fingerprint density at radius 3 is 2.00 bits per heavy atom. The van der Waals surface area contributed by atoms with Crippen LogP contribution in [0.3, 0.4) is 0 Å². The second-order valence-corrected chi connectivity index (χ2v) is 2.24. The van der Waals surface area contributed by atoms with Crippen LogP contribution < -0.4 is 56.5 Å². The minimum absolute atomic E-state index is 0. The molecule has 0 aromatic heterocycles. The first-order chi connectivity index (χ1) is 5.43. The van der Waals surface area contributed by atoms with Gasteiger partial charge in [-0.2, -0.15) is 7.11 Å². The van der Waals surface area contributed by atoms with Crippen molar-refractivity contribution in [1.82, 2.24) is 0 Å². The first-order valence-corrected chi connectivity index (χ1v) is 3.88. The van der Waals surface area contributed by atoms with E-state index in [9.17, 15) is 0 Å². The van der Waals surface area contributed by atoms with Gasteiger partial charge in [0.1, 0.15) is 0 Å². The fourth-order valence-electron chi connectivity index (χ4n) is 0.933. The monoisotopic (exact) mass is 190 g/mol. The molecule has 62 valence electrons. The van der Waals surface area contributed by atoms with E-state index in [2.05, 4.69) is 37.3 Å². The van der Waals surface area contributed by atoms with Crippen molar-refractivity contribution < 1.29 is 56.5 Å². The first-order valence-electron chi connectivity index (χ1n) is 3.88. The van der Waals surface area contributed by atoms with E-state index in [4.69, 9.17) is 5.11 Å². The molecule has 1 nitrogen and oxygen atoms in total. The predicted octanol–water partition coefficient (Wildman–Crippen LogP) is -1.38. The van der Waals surface area contributed by atoms with E-state index in [1.54, 1.807) is 0 Å². The molecule has 1 aromatic rings. The third-order valence-corrected chi connectivity index (χ3v) is 1.38. The van der Waals surface area contributed by atoms with Crippen molar-refractivity contribution in [3.63, 3.8) is 0 Å². The van der Waals surface area contributed by atoms with Crippen LogP contribution in [0.15, 0.2) is 30.3 Å². The summed E-state index contributed by atoms with van der Waals surface area (Å²) >= 11 is 0. The number of hydrogen-bond donors (Lipinski definition) is 0. The van der Waals surface area contributed by atoms with Crippen molar-refractivity contribution in [3.8, 4) is 0 Å². The average molecular weight is 190 g/mol. The number of benzene rings is 1. The summed E-state index contributed by atoms with van der Waals surface area (Å²) in [5, 5.41) is 8.25. The largest absolute Gasteiger partial charge is 1.00 e. The standard InChI is InChI=1S/C9H12.CH3O.K/c1-2-6-9-7-4-3-5-8-9;1-2;/h3-5,7-8H,2,6H2,1H3;1H3;/q;-1;+1. The maximum Gasteiger partial charge on any atom is 1.00 e. The molecule has 0 aliphatic rings. The molecule has 0 bridgehead atoms. The van der Waals surface area contributed by atoms with E-state index in [1.165, 1.54) is 18.4 Å². The van der Waals surface area contributed by atoms with Gasteiger partial charge >= 0.3 is 51.4 Å². The SMILES string of the molecule is CCCc1ccccc1.C[O-].[K+]. The van der Waals surface area contributed by atoms with Crippen molar-refractivity contribution in [3.05, 3.63) is 35.9 Å². The summed E-state index contributed by atoms with van der Waals surface area (Å²) in [7, 11) is 0.750. The molecule has 12 heavy (non-hydrogen) atoms. The van der Waals surface area contributed by atoms with Crippen LogP contribution in [0.4, 0.5) is 0 Å². The molecule has 1 aromatic carbocycles. The van der Waals surface area contributed by atoms with Crippen LogP contribution in [0.1, 0.15) is 18.9 Å². The molecule has 0 aliphatic heterocycles. The molecular formula is C10H15KO. The van der Waals surface area contributed by atoms with Crippen LogP contribution in [0.2, 0.25) is 0 Å². The smallest absolute Gasteiger partial charge is 0.857 e. The summed E-state index contributed by atoms with van der Waals surface area (Å²) in [5.74, 6) is 0. The molecule has 0 heterocycles. The van der Waals surface area contributed by atoms with Crippen molar-refractivity contribution in [2.45, 2.75) is 19.8 Å². The van der Waals surface area contributed by atoms with Crippen LogP contribution in [-0.2, 0) is 6.42 Å². The van der Waals surface area contributed by atoms with E-state index < -0.39 is 0 Å². The Kier molecular flexibility index (Phi) is 15.1. The normalized spacial score (nSPS) is 7.58. The topological polar surface area (TPSA) is 23.1 Å². The van der Waals surface area contributed by atoms with Crippen LogP contribution in [0.25, 0.3) is 0 Å². The first kappa shape index (κ1) is 15.3. The Bertz CT molecular complexity index is 163. The van der Waals surface area contributed by atoms with Crippen LogP contribution in [0.5, 0.6) is 0 Å². The summed E-state index contributed by atoms with van der Waals surface area (Å²) in [6, 6.07) is 10.6. The van der Waals surface area contributed by atoms with Gasteiger partial charge in [0.2, 0.25) is 0 Å². The average Bonchev–Trinajstić information content (AvgIpc) is 2.11. The Labute approximate surface area is 118 Å². The zero-order chi connectivity index (χ0) is 8.53. The summed E-state index contributed by atoms with van der Waals surface area (Å²) in [6.07, 6.45) is 2.45. The van der Waals surface area contributed by atoms with E-state index in [-0.39, 0.29) is 51.4 Å². The second-order valence-electron chi connectivity index (χ2n) is 2.24. The molecule has 0 unspecified atom stereocenters. The van der Waals surface area contributed by atoms with Gasteiger partial charge in [-0.15, -0.1) is 0 Å². The summed E-state index contributed by atoms with van der Waals surface area (Å²) < 4.78 is 0. The van der Waals surface area contributed by atoms with Gasteiger partial charge in [-0.1, -0.05) is 43.7 Å². The molecular weight excluding hydrogens is 175 g/mol. The zero-order valence-electron chi connectivity index (χ0n) is 8.21. The molecule has 0 radical (unpaired) electrons. The van der Waals surface area contributed by atoms with E-state index >= 15 is 0 Å². The van der Waals surface area contributed by atoms with Crippen molar-refractivity contribution in [1.29, 1.82) is 0 Å². The summed E-state index contributed by atoms with van der Waals surface area (Å²) in [4.78, 5) is 0. The quantitative estimate of drug-likeness (QED) is 0.527. The van der Waals surface area contributed by atoms with E-state index in [0.29, 0.717) is 0 Å². The molecule has 1 rings (SSSR count). The van der Waals surface area contributed by atoms with E-state index in [0.717, 1.165) is 7.11 Å². The molecule has 0 amide bonds. The fourth-order valence-corrected chi connectivity index (χ4v) is 0.933. The minimum Gasteiger partial charge on any atom is -0.857 e. The summed E-state index contributed by atoms with van der Waals surface area (Å²) in [6.45, 7) is 2.20. The van der Waals surface area contributed by atoms with Gasteiger partial charge in [0.05, 0.1) is 0 Å². The molecule has 0 aliphatic carbocycles. The third kappa shape index (κ3) is 7.46. The van der Waals surface area contributed by atoms with E-state index in [1.807, 2.05) is 0 Å². The Hall–Kier alpha value is 0.816. The molecule has 0 saturated heterocycles. The van der Waals surface area contributed by atoms with Crippen LogP contribution in [-0.4, -0.2) is 7.11 Å². The minimum atomic E-state index is 0. The maximum absolute atomic E-state index is 8.25. The van der Waals surface area contributed by atoms with Gasteiger partial charge in [0.25, 0.3) is 0 Å². The Morgan fingerprint density at radius 2 is 1.58 bits per heavy atom. The number of hydrogen-bond acceptors (Lipinski definition) is 1. The number of rotatable bonds is 2. The van der Waals surface area contributed by atoms with Gasteiger partial charge in [-0.05, 0) is 12.0 Å². The zero-order valence-corrected chi connectivity index (χ0v) is 11.3. The maximum atomic E-state index is 8.25. The summed E-state index contributed by atoms with van der Waals surface area (Å²) in [5.41, 5.74) is 1.44. The second kappa shape index (κ2) is 11.8. The van der Waals surface area contributed by atoms with Gasteiger partial charge in [0, 0.05) is 0 Å². The van der Waals surface area contributed by atoms with Gasteiger partial charge < -0.3 is 5.11 Å². The van der Waals surface area contributed by atoms with Crippen molar-refractivity contribution >= 4 is 0 Å². The van der Waals surface area contributed by atoms with Gasteiger partial charge in [-0.3, -0.25) is 0 Å². The van der Waals surface area contributed by atoms with Crippen molar-refractivity contribution in [2.75, 3.05) is 7.11 Å². The Balaban J connectivity index is 0. The number of aryl methyl sites for hydroxylation is 1. The van der Waals surface area contributed by atoms with Crippen molar-refractivity contribution in [2.24, 2.45) is 0 Å². The fraction of sp³-hybridized carbons (Fsp3) is 0.400. The molecule has 0 fully saturated rings. The third-order valence-electron chi connectivity index (χ3n) is 1.38. The molecule has 0 atom stereocenters.